The van der Waals surface area contributed by atoms with E-state index in [0.29, 0.717) is 13.2 Å². The van der Waals surface area contributed by atoms with Crippen molar-refractivity contribution < 1.29 is 42.1 Å². The van der Waals surface area contributed by atoms with Crippen LogP contribution in [0.4, 0.5) is 13.2 Å². The van der Waals surface area contributed by atoms with Crippen LogP contribution >= 0.6 is 0 Å². The van der Waals surface area contributed by atoms with E-state index < -0.39 is 12.1 Å². The van der Waals surface area contributed by atoms with Gasteiger partial charge in [-0.15, -0.1) is 0 Å². The summed E-state index contributed by atoms with van der Waals surface area (Å²) in [5, 5.41) is 7.12. The summed E-state index contributed by atoms with van der Waals surface area (Å²) in [7, 11) is 1.54. The number of rotatable bonds is 5. The number of likely N-dealkylation sites (tertiary alicyclic amines) is 1. The Kier molecular flexibility index (Phi) is 8.35. The summed E-state index contributed by atoms with van der Waals surface area (Å²) in [5.74, 6) is -2.75. The molecule has 0 unspecified atom stereocenters. The van der Waals surface area contributed by atoms with E-state index >= 15 is 0 Å². The number of carboxylic acids is 1. The summed E-state index contributed by atoms with van der Waals surface area (Å²) < 4.78 is 48.6. The summed E-state index contributed by atoms with van der Waals surface area (Å²) in [6.07, 6.45) is -1.54. The molecular weight excluding hydrogens is 397 g/mol. The van der Waals surface area contributed by atoms with Crippen LogP contribution in [0.5, 0.6) is 0 Å². The molecule has 1 aromatic rings. The summed E-state index contributed by atoms with van der Waals surface area (Å²) in [6, 6.07) is 5.85. The molecule has 0 aromatic carbocycles. The van der Waals surface area contributed by atoms with Gasteiger partial charge in [0.2, 0.25) is 5.91 Å². The Hall–Kier alpha value is -2.24. The van der Waals surface area contributed by atoms with Gasteiger partial charge in [-0.2, -0.15) is 13.2 Å². The number of hydrogen-bond acceptors (Lipinski definition) is 6. The first-order valence-electron chi connectivity index (χ1n) is 8.95. The number of carbonyl (C=O) groups is 2. The largest absolute Gasteiger partial charge is 0.490 e. The lowest BCUT2D eigenvalue weighted by Gasteiger charge is -2.32. The zero-order valence-electron chi connectivity index (χ0n) is 15.8. The molecule has 3 rings (SSSR count). The van der Waals surface area contributed by atoms with Crippen LogP contribution in [-0.2, 0) is 30.4 Å². The summed E-state index contributed by atoms with van der Waals surface area (Å²) >= 11 is 0. The molecule has 1 amide bonds. The van der Waals surface area contributed by atoms with Crippen LogP contribution < -0.4 is 0 Å². The normalized spacial score (nSPS) is 23.7. The first-order valence-corrected chi connectivity index (χ1v) is 8.95. The number of alkyl halides is 3. The molecule has 0 bridgehead atoms. The van der Waals surface area contributed by atoms with Crippen LogP contribution in [0.1, 0.15) is 18.5 Å². The number of methoxy groups -OCH3 is 1. The second kappa shape index (κ2) is 10.5. The zero-order chi connectivity index (χ0) is 21.4. The van der Waals surface area contributed by atoms with Crippen molar-refractivity contribution >= 4 is 11.9 Å². The van der Waals surface area contributed by atoms with Gasteiger partial charge < -0.3 is 24.2 Å². The Morgan fingerprint density at radius 2 is 2.10 bits per heavy atom. The van der Waals surface area contributed by atoms with Crippen molar-refractivity contribution in [1.82, 2.24) is 9.88 Å². The highest BCUT2D eigenvalue weighted by molar-refractivity contribution is 5.78. The van der Waals surface area contributed by atoms with E-state index in [9.17, 15) is 18.0 Å². The van der Waals surface area contributed by atoms with Crippen molar-refractivity contribution in [1.29, 1.82) is 0 Å². The fourth-order valence-corrected chi connectivity index (χ4v) is 3.23. The minimum absolute atomic E-state index is 0.00642. The minimum atomic E-state index is -5.08. The lowest BCUT2D eigenvalue weighted by Crippen LogP contribution is -2.44. The van der Waals surface area contributed by atoms with Gasteiger partial charge in [0.15, 0.2) is 0 Å². The van der Waals surface area contributed by atoms with Crippen molar-refractivity contribution in [3.8, 4) is 0 Å². The van der Waals surface area contributed by atoms with Gasteiger partial charge in [-0.05, 0) is 25.0 Å². The molecule has 1 N–H and O–H groups in total. The van der Waals surface area contributed by atoms with E-state index in [0.717, 1.165) is 25.1 Å². The smallest absolute Gasteiger partial charge is 0.475 e. The second-order valence-electron chi connectivity index (χ2n) is 6.50. The number of carbonyl (C=O) groups excluding carboxylic acids is 1. The Morgan fingerprint density at radius 1 is 1.38 bits per heavy atom. The van der Waals surface area contributed by atoms with Gasteiger partial charge in [0.1, 0.15) is 18.8 Å². The molecular formula is C18H23F3N2O6. The third-order valence-electron chi connectivity index (χ3n) is 4.48. The van der Waals surface area contributed by atoms with Crippen LogP contribution in [0.3, 0.4) is 0 Å². The Labute approximate surface area is 165 Å². The maximum atomic E-state index is 12.2. The predicted octanol–water partition coefficient (Wildman–Crippen LogP) is 1.64. The molecule has 3 heterocycles. The molecule has 0 radical (unpaired) electrons. The van der Waals surface area contributed by atoms with Gasteiger partial charge >= 0.3 is 12.1 Å². The van der Waals surface area contributed by atoms with Crippen LogP contribution in [0.2, 0.25) is 0 Å². The number of nitrogens with zero attached hydrogens (tertiary/aromatic N) is 2. The van der Waals surface area contributed by atoms with E-state index in [-0.39, 0.29) is 30.8 Å². The third kappa shape index (κ3) is 6.65. The van der Waals surface area contributed by atoms with Crippen LogP contribution in [0, 0.1) is 0 Å². The Morgan fingerprint density at radius 3 is 2.69 bits per heavy atom. The minimum Gasteiger partial charge on any atom is -0.475 e. The first-order chi connectivity index (χ1) is 13.7. The van der Waals surface area contributed by atoms with Gasteiger partial charge in [0, 0.05) is 26.5 Å². The van der Waals surface area contributed by atoms with Gasteiger partial charge in [-0.1, -0.05) is 6.07 Å². The van der Waals surface area contributed by atoms with E-state index in [1.165, 1.54) is 7.11 Å². The number of aliphatic carboxylic acids is 1. The van der Waals surface area contributed by atoms with Crippen molar-refractivity contribution in [2.75, 3.05) is 26.9 Å². The maximum Gasteiger partial charge on any atom is 0.490 e. The Balaban J connectivity index is 0.000000370. The average molecular weight is 420 g/mol. The number of carboxylic acid groups (broad SMARTS) is 1. The van der Waals surface area contributed by atoms with E-state index in [4.69, 9.17) is 24.1 Å². The zero-order valence-corrected chi connectivity index (χ0v) is 15.8. The highest BCUT2D eigenvalue weighted by Gasteiger charge is 2.46. The molecule has 0 spiro atoms. The van der Waals surface area contributed by atoms with Gasteiger partial charge in [-0.25, -0.2) is 4.79 Å². The molecule has 2 fully saturated rings. The van der Waals surface area contributed by atoms with Gasteiger partial charge in [0.25, 0.3) is 0 Å². The lowest BCUT2D eigenvalue weighted by molar-refractivity contribution is -0.192. The van der Waals surface area contributed by atoms with Crippen LogP contribution in [0.25, 0.3) is 0 Å². The monoisotopic (exact) mass is 420 g/mol. The van der Waals surface area contributed by atoms with Crippen molar-refractivity contribution in [3.63, 3.8) is 0 Å². The maximum absolute atomic E-state index is 12.2. The van der Waals surface area contributed by atoms with Crippen LogP contribution in [0.15, 0.2) is 24.4 Å². The highest BCUT2D eigenvalue weighted by Crippen LogP contribution is 2.31. The molecule has 11 heteroatoms. The van der Waals surface area contributed by atoms with Crippen molar-refractivity contribution in [2.24, 2.45) is 0 Å². The second-order valence-corrected chi connectivity index (χ2v) is 6.50. The first kappa shape index (κ1) is 23.0. The van der Waals surface area contributed by atoms with Crippen LogP contribution in [-0.4, -0.2) is 78.2 Å². The van der Waals surface area contributed by atoms with Crippen molar-refractivity contribution in [3.05, 3.63) is 30.1 Å². The molecule has 2 aliphatic rings. The number of pyridine rings is 1. The summed E-state index contributed by atoms with van der Waals surface area (Å²) in [6.45, 7) is 1.84. The van der Waals surface area contributed by atoms with E-state index in [2.05, 4.69) is 4.98 Å². The predicted molar refractivity (Wildman–Crippen MR) is 92.9 cm³/mol. The van der Waals surface area contributed by atoms with Crippen molar-refractivity contribution in [2.45, 2.75) is 43.9 Å². The average Bonchev–Trinajstić information content (AvgIpc) is 3.06. The number of halogens is 3. The number of amides is 1. The number of ether oxygens (including phenoxy) is 3. The molecule has 0 saturated carbocycles. The fourth-order valence-electron chi connectivity index (χ4n) is 3.23. The molecule has 29 heavy (non-hydrogen) atoms. The van der Waals surface area contributed by atoms with E-state index in [1.54, 1.807) is 6.20 Å². The quantitative estimate of drug-likeness (QED) is 0.773. The number of aromatic nitrogens is 1. The highest BCUT2D eigenvalue weighted by atomic mass is 19.4. The molecule has 162 valence electrons. The fraction of sp³-hybridized carbons (Fsp3) is 0.611. The molecule has 0 aliphatic carbocycles. The number of hydrogen-bond donors (Lipinski definition) is 1. The van der Waals surface area contributed by atoms with Gasteiger partial charge in [-0.3, -0.25) is 9.78 Å². The summed E-state index contributed by atoms with van der Waals surface area (Å²) in [4.78, 5) is 27.2. The lowest BCUT2D eigenvalue weighted by atomic mass is 10.0. The standard InChI is InChI=1S/C16H22N2O4.C2HF3O2/c1-20-11-15(19)18-9-14(16-13(18)6-4-8-21-16)22-10-12-5-2-3-7-17-12;3-2(4,5)1(6)7/h2-3,5,7,13-14,16H,4,6,8-11H2,1H3;(H,6,7)/t13-,14+,16+;/m1./s1. The Bertz CT molecular complexity index is 673. The SMILES string of the molecule is COCC(=O)N1C[C@H](OCc2ccccn2)[C@H]2OCCC[C@H]21.O=C(O)C(F)(F)F. The molecule has 2 saturated heterocycles. The van der Waals surface area contributed by atoms with Gasteiger partial charge in [0.05, 0.1) is 18.3 Å². The topological polar surface area (TPSA) is 98.2 Å². The third-order valence-corrected chi connectivity index (χ3v) is 4.48. The molecule has 8 nitrogen and oxygen atoms in total. The molecule has 2 aliphatic heterocycles. The van der Waals surface area contributed by atoms with E-state index in [1.807, 2.05) is 23.1 Å². The number of fused-ring (bicyclic) bond motifs is 1. The summed E-state index contributed by atoms with van der Waals surface area (Å²) in [5.41, 5.74) is 0.886. The molecule has 3 atom stereocenters. The molecule has 1 aromatic heterocycles.